The second-order valence-corrected chi connectivity index (χ2v) is 8.14. The number of rotatable bonds is 5. The van der Waals surface area contributed by atoms with Crippen LogP contribution in [-0.4, -0.2) is 14.2 Å². The highest BCUT2D eigenvalue weighted by Gasteiger charge is 2.39. The molecule has 0 aliphatic carbocycles. The summed E-state index contributed by atoms with van der Waals surface area (Å²) < 4.78 is 33.0. The second-order valence-electron chi connectivity index (χ2n) is 6.31. The Bertz CT molecular complexity index is 1120. The van der Waals surface area contributed by atoms with Crippen LogP contribution in [0.4, 0.5) is 5.69 Å². The minimum Gasteiger partial charge on any atom is -0.467 e. The molecule has 0 bridgehead atoms. The van der Waals surface area contributed by atoms with E-state index in [0.29, 0.717) is 17.0 Å². The number of ketones is 1. The molecule has 6 nitrogen and oxygen atoms in total. The lowest BCUT2D eigenvalue weighted by molar-refractivity contribution is 0.104. The number of Topliss-reactive ketones (excluding diaryl/α,β-unsaturated/α-hetero) is 1. The summed E-state index contributed by atoms with van der Waals surface area (Å²) in [4.78, 5) is 12.6. The molecule has 0 radical (unpaired) electrons. The number of nitrogens with zero attached hydrogens (tertiary/aromatic N) is 1. The maximum absolute atomic E-state index is 13.3. The fraction of sp³-hybridized carbons (Fsp3) is 0.0952. The lowest BCUT2D eigenvalue weighted by Crippen LogP contribution is -2.39. The summed E-state index contributed by atoms with van der Waals surface area (Å²) in [6.07, 6.45) is 2.79. The Morgan fingerprint density at radius 3 is 2.46 bits per heavy atom. The van der Waals surface area contributed by atoms with E-state index in [1.54, 1.807) is 36.4 Å². The largest absolute Gasteiger partial charge is 0.467 e. The fourth-order valence-corrected chi connectivity index (χ4v) is 4.65. The first kappa shape index (κ1) is 18.1. The number of carbonyl (C=O) groups is 1. The molecule has 1 aromatic heterocycles. The number of anilines is 1. The number of hydrogen-bond acceptors (Lipinski definition) is 5. The van der Waals surface area contributed by atoms with Crippen molar-refractivity contribution in [1.82, 2.24) is 5.32 Å². The van der Waals surface area contributed by atoms with E-state index in [4.69, 9.17) is 4.42 Å². The molecule has 0 fully saturated rings. The van der Waals surface area contributed by atoms with Crippen LogP contribution in [0.1, 0.15) is 21.7 Å². The maximum Gasteiger partial charge on any atom is 0.270 e. The van der Waals surface area contributed by atoms with Gasteiger partial charge in [0.05, 0.1) is 25.0 Å². The Labute approximate surface area is 163 Å². The summed E-state index contributed by atoms with van der Waals surface area (Å²) in [5.41, 5.74) is 1.58. The molecular weight excluding hydrogens is 376 g/mol. The Morgan fingerprint density at radius 2 is 1.71 bits per heavy atom. The molecule has 0 spiro atoms. The summed E-state index contributed by atoms with van der Waals surface area (Å²) >= 11 is 0. The molecule has 2 aromatic carbocycles. The first-order valence-corrected chi connectivity index (χ1v) is 10.2. The first-order chi connectivity index (χ1) is 13.6. The monoisotopic (exact) mass is 394 g/mol. The third-order valence-electron chi connectivity index (χ3n) is 4.47. The number of hydrogen-bond donors (Lipinski definition) is 1. The van der Waals surface area contributed by atoms with Gasteiger partial charge in [0, 0.05) is 11.8 Å². The standard InChI is InChI=1S/C21H18N2O4S/c24-21-18-10-4-5-11-19(18)23(15-16-7-2-1-3-8-16)28(25,26)20(21)14-22-13-17-9-6-12-27-17/h1-12,14,22H,13,15H2/b20-14-. The van der Waals surface area contributed by atoms with Crippen LogP contribution in [-0.2, 0) is 23.1 Å². The molecule has 0 atom stereocenters. The Kier molecular flexibility index (Phi) is 4.75. The van der Waals surface area contributed by atoms with E-state index in [1.807, 2.05) is 30.3 Å². The molecule has 1 aliphatic heterocycles. The Balaban J connectivity index is 1.73. The lowest BCUT2D eigenvalue weighted by atomic mass is 10.1. The number of carbonyl (C=O) groups excluding carboxylic acids is 1. The van der Waals surface area contributed by atoms with Gasteiger partial charge in [-0.15, -0.1) is 0 Å². The second kappa shape index (κ2) is 7.36. The van der Waals surface area contributed by atoms with E-state index in [1.165, 1.54) is 16.8 Å². The van der Waals surface area contributed by atoms with Gasteiger partial charge < -0.3 is 9.73 Å². The van der Waals surface area contributed by atoms with Gasteiger partial charge in [0.1, 0.15) is 5.76 Å². The molecule has 28 heavy (non-hydrogen) atoms. The minimum atomic E-state index is -4.01. The fourth-order valence-electron chi connectivity index (χ4n) is 3.10. The van der Waals surface area contributed by atoms with E-state index in [0.717, 1.165) is 5.56 Å². The van der Waals surface area contributed by atoms with Gasteiger partial charge in [-0.2, -0.15) is 0 Å². The SMILES string of the molecule is O=C1/C(=C/NCc2ccco2)S(=O)(=O)N(Cc2ccccc2)c2ccccc21. The molecule has 0 amide bonds. The van der Waals surface area contributed by atoms with E-state index in [9.17, 15) is 13.2 Å². The maximum atomic E-state index is 13.3. The number of para-hydroxylation sites is 1. The zero-order chi connectivity index (χ0) is 19.6. The van der Waals surface area contributed by atoms with E-state index >= 15 is 0 Å². The average Bonchev–Trinajstić information content (AvgIpc) is 3.22. The van der Waals surface area contributed by atoms with Crippen LogP contribution in [0, 0.1) is 0 Å². The molecule has 2 heterocycles. The normalized spacial score (nSPS) is 16.8. The molecule has 4 rings (SSSR count). The van der Waals surface area contributed by atoms with Crippen molar-refractivity contribution < 1.29 is 17.6 Å². The summed E-state index contributed by atoms with van der Waals surface area (Å²) in [6.45, 7) is 0.419. The molecule has 142 valence electrons. The van der Waals surface area contributed by atoms with Gasteiger partial charge >= 0.3 is 0 Å². The molecule has 0 saturated heterocycles. The Hall–Kier alpha value is -3.32. The average molecular weight is 394 g/mol. The molecule has 7 heteroatoms. The van der Waals surface area contributed by atoms with Crippen LogP contribution >= 0.6 is 0 Å². The number of fused-ring (bicyclic) bond motifs is 1. The van der Waals surface area contributed by atoms with Crippen molar-refractivity contribution >= 4 is 21.5 Å². The topological polar surface area (TPSA) is 79.6 Å². The van der Waals surface area contributed by atoms with Crippen molar-refractivity contribution in [3.05, 3.63) is 101 Å². The van der Waals surface area contributed by atoms with Crippen molar-refractivity contribution in [3.8, 4) is 0 Å². The van der Waals surface area contributed by atoms with Crippen molar-refractivity contribution in [2.24, 2.45) is 0 Å². The highest BCUT2D eigenvalue weighted by molar-refractivity contribution is 7.97. The molecular formula is C21H18N2O4S. The number of furan rings is 1. The predicted octanol–water partition coefficient (Wildman–Crippen LogP) is 3.44. The summed E-state index contributed by atoms with van der Waals surface area (Å²) in [7, 11) is -4.01. The van der Waals surface area contributed by atoms with Crippen LogP contribution in [0.25, 0.3) is 0 Å². The molecule has 0 unspecified atom stereocenters. The number of benzene rings is 2. The van der Waals surface area contributed by atoms with Gasteiger partial charge in [0.15, 0.2) is 4.91 Å². The molecule has 3 aromatic rings. The minimum absolute atomic E-state index is 0.142. The third-order valence-corrected chi connectivity index (χ3v) is 6.23. The first-order valence-electron chi connectivity index (χ1n) is 8.74. The molecule has 1 N–H and O–H groups in total. The summed E-state index contributed by atoms with van der Waals surface area (Å²) in [6, 6.07) is 19.5. The molecule has 1 aliphatic rings. The highest BCUT2D eigenvalue weighted by Crippen LogP contribution is 2.35. The van der Waals surface area contributed by atoms with Crippen molar-refractivity contribution in [1.29, 1.82) is 0 Å². The lowest BCUT2D eigenvalue weighted by Gasteiger charge is -2.31. The van der Waals surface area contributed by atoms with Gasteiger partial charge in [0.25, 0.3) is 10.0 Å². The van der Waals surface area contributed by atoms with Crippen LogP contribution in [0.2, 0.25) is 0 Å². The van der Waals surface area contributed by atoms with Gasteiger partial charge in [-0.25, -0.2) is 8.42 Å². The van der Waals surface area contributed by atoms with Gasteiger partial charge in [-0.1, -0.05) is 42.5 Å². The van der Waals surface area contributed by atoms with Crippen molar-refractivity contribution in [2.75, 3.05) is 4.31 Å². The quantitative estimate of drug-likeness (QED) is 0.671. The Morgan fingerprint density at radius 1 is 0.964 bits per heavy atom. The van der Waals surface area contributed by atoms with Gasteiger partial charge in [-0.05, 0) is 29.8 Å². The van der Waals surface area contributed by atoms with Crippen LogP contribution < -0.4 is 9.62 Å². The van der Waals surface area contributed by atoms with Gasteiger partial charge in [-0.3, -0.25) is 9.10 Å². The highest BCUT2D eigenvalue weighted by atomic mass is 32.2. The number of allylic oxidation sites excluding steroid dienone is 1. The van der Waals surface area contributed by atoms with E-state index < -0.39 is 15.8 Å². The van der Waals surface area contributed by atoms with Crippen molar-refractivity contribution in [3.63, 3.8) is 0 Å². The third kappa shape index (κ3) is 3.32. The van der Waals surface area contributed by atoms with Crippen molar-refractivity contribution in [2.45, 2.75) is 13.1 Å². The summed E-state index contributed by atoms with van der Waals surface area (Å²) in [5.74, 6) is 0.117. The zero-order valence-corrected chi connectivity index (χ0v) is 15.7. The predicted molar refractivity (Wildman–Crippen MR) is 106 cm³/mol. The summed E-state index contributed by atoms with van der Waals surface area (Å²) in [5, 5.41) is 2.88. The van der Waals surface area contributed by atoms with Gasteiger partial charge in [0.2, 0.25) is 5.78 Å². The van der Waals surface area contributed by atoms with E-state index in [-0.39, 0.29) is 18.0 Å². The van der Waals surface area contributed by atoms with Crippen LogP contribution in [0.15, 0.2) is 88.5 Å². The number of sulfonamides is 1. The zero-order valence-electron chi connectivity index (χ0n) is 14.9. The van der Waals surface area contributed by atoms with Crippen LogP contribution in [0.5, 0.6) is 0 Å². The van der Waals surface area contributed by atoms with E-state index in [2.05, 4.69) is 5.32 Å². The smallest absolute Gasteiger partial charge is 0.270 e. The molecule has 0 saturated carbocycles. The number of nitrogens with one attached hydrogen (secondary N) is 1. The van der Waals surface area contributed by atoms with Crippen LogP contribution in [0.3, 0.4) is 0 Å².